The minimum Gasteiger partial charge on any atom is -0.493 e. The van der Waals surface area contributed by atoms with Gasteiger partial charge in [0.25, 0.3) is 16.8 Å². The van der Waals surface area contributed by atoms with E-state index < -0.39 is 22.0 Å². The quantitative estimate of drug-likeness (QED) is 0.132. The van der Waals surface area contributed by atoms with Crippen molar-refractivity contribution < 1.29 is 37.9 Å². The summed E-state index contributed by atoms with van der Waals surface area (Å²) < 4.78 is 21.8. The van der Waals surface area contributed by atoms with E-state index in [1.165, 1.54) is 38.5 Å². The first kappa shape index (κ1) is 26.9. The van der Waals surface area contributed by atoms with Gasteiger partial charge in [0.05, 0.1) is 35.1 Å². The van der Waals surface area contributed by atoms with Gasteiger partial charge in [-0.15, -0.1) is 0 Å². The van der Waals surface area contributed by atoms with Crippen LogP contribution in [0.2, 0.25) is 0 Å². The summed E-state index contributed by atoms with van der Waals surface area (Å²) in [7, 11) is 2.68. The molecule has 1 aliphatic heterocycles. The summed E-state index contributed by atoms with van der Waals surface area (Å²) in [6.45, 7) is -0.00288. The summed E-state index contributed by atoms with van der Waals surface area (Å²) in [6.07, 6.45) is 1.56. The van der Waals surface area contributed by atoms with E-state index in [1.54, 1.807) is 30.3 Å². The highest BCUT2D eigenvalue weighted by Gasteiger charge is 2.36. The molecule has 2 heterocycles. The van der Waals surface area contributed by atoms with Crippen molar-refractivity contribution in [1.82, 2.24) is 4.90 Å². The zero-order valence-corrected chi connectivity index (χ0v) is 22.4. The molecule has 0 aliphatic carbocycles. The molecule has 4 rings (SSSR count). The number of carbonyl (C=O) groups excluding carboxylic acids is 3. The molecule has 0 saturated carbocycles. The number of nitro benzene ring substituents is 1. The van der Waals surface area contributed by atoms with E-state index in [0.29, 0.717) is 21.5 Å². The number of hydrogen-bond donors (Lipinski definition) is 0. The average Bonchev–Trinajstić information content (AvgIpc) is 3.48. The Morgan fingerprint density at radius 1 is 1.16 bits per heavy atom. The van der Waals surface area contributed by atoms with Crippen LogP contribution in [0.4, 0.5) is 10.5 Å². The summed E-state index contributed by atoms with van der Waals surface area (Å²) in [5.74, 6) is -0.173. The minimum absolute atomic E-state index is 0.0172. The number of ether oxygens (including phenoxy) is 3. The molecule has 1 saturated heterocycles. The number of furan rings is 1. The Kier molecular flexibility index (Phi) is 8.17. The molecule has 1 aliphatic rings. The molecule has 0 radical (unpaired) electrons. The van der Waals surface area contributed by atoms with Crippen molar-refractivity contribution in [2.75, 3.05) is 14.2 Å². The number of carbonyl (C=O) groups is 3. The molecule has 0 atom stereocenters. The lowest BCUT2D eigenvalue weighted by atomic mass is 10.1. The van der Waals surface area contributed by atoms with Gasteiger partial charge in [0.1, 0.15) is 12.4 Å². The molecule has 0 N–H and O–H groups in total. The van der Waals surface area contributed by atoms with Crippen LogP contribution in [0, 0.1) is 10.1 Å². The van der Waals surface area contributed by atoms with Gasteiger partial charge < -0.3 is 18.6 Å². The SMILES string of the molecule is COC(=O)c1ccc(CN2C(=O)S/C(=C/c3cc(Br)c(OCc4ccc([N+](=O)[O-])cc4)c(OC)c3)C2=O)o1. The number of non-ortho nitro benzene ring substituents is 1. The first-order chi connectivity index (χ1) is 18.2. The van der Waals surface area contributed by atoms with Gasteiger partial charge in [-0.3, -0.25) is 24.6 Å². The molecular weight excluding hydrogens is 584 g/mol. The molecule has 196 valence electrons. The Morgan fingerprint density at radius 3 is 2.55 bits per heavy atom. The van der Waals surface area contributed by atoms with Crippen LogP contribution < -0.4 is 9.47 Å². The normalized spacial score (nSPS) is 14.2. The lowest BCUT2D eigenvalue weighted by molar-refractivity contribution is -0.384. The predicted octanol–water partition coefficient (Wildman–Crippen LogP) is 5.56. The van der Waals surface area contributed by atoms with Crippen molar-refractivity contribution >= 4 is 56.6 Å². The van der Waals surface area contributed by atoms with E-state index >= 15 is 0 Å². The summed E-state index contributed by atoms with van der Waals surface area (Å²) in [5, 5.41) is 10.4. The summed E-state index contributed by atoms with van der Waals surface area (Å²) in [5.41, 5.74) is 1.28. The van der Waals surface area contributed by atoms with Crippen LogP contribution in [0.5, 0.6) is 11.5 Å². The van der Waals surface area contributed by atoms with E-state index in [-0.39, 0.29) is 35.3 Å². The lowest BCUT2D eigenvalue weighted by Crippen LogP contribution is -2.27. The molecule has 2 amide bonds. The van der Waals surface area contributed by atoms with Gasteiger partial charge >= 0.3 is 5.97 Å². The largest absolute Gasteiger partial charge is 0.493 e. The highest BCUT2D eigenvalue weighted by atomic mass is 79.9. The van der Waals surface area contributed by atoms with Crippen LogP contribution >= 0.6 is 27.7 Å². The number of nitrogens with zero attached hydrogens (tertiary/aromatic N) is 2. The van der Waals surface area contributed by atoms with Gasteiger partial charge in [-0.25, -0.2) is 4.79 Å². The van der Waals surface area contributed by atoms with E-state index in [0.717, 1.165) is 22.2 Å². The van der Waals surface area contributed by atoms with E-state index in [1.807, 2.05) is 0 Å². The van der Waals surface area contributed by atoms with E-state index in [9.17, 15) is 24.5 Å². The monoisotopic (exact) mass is 602 g/mol. The van der Waals surface area contributed by atoms with Crippen molar-refractivity contribution in [3.8, 4) is 11.5 Å². The zero-order valence-electron chi connectivity index (χ0n) is 20.0. The van der Waals surface area contributed by atoms with Gasteiger partial charge in [-0.05, 0) is 81.3 Å². The smallest absolute Gasteiger partial charge is 0.373 e. The molecule has 2 aromatic carbocycles. The zero-order chi connectivity index (χ0) is 27.4. The maximum Gasteiger partial charge on any atom is 0.373 e. The first-order valence-electron chi connectivity index (χ1n) is 10.9. The topological polar surface area (TPSA) is 138 Å². The Hall–Kier alpha value is -4.10. The van der Waals surface area contributed by atoms with Crippen molar-refractivity contribution in [2.24, 2.45) is 0 Å². The summed E-state index contributed by atoms with van der Waals surface area (Å²) in [6, 6.07) is 12.2. The van der Waals surface area contributed by atoms with Crippen LogP contribution in [-0.2, 0) is 22.7 Å². The summed E-state index contributed by atoms with van der Waals surface area (Å²) in [4.78, 5) is 48.6. The lowest BCUT2D eigenvalue weighted by Gasteiger charge is -2.14. The first-order valence-corrected chi connectivity index (χ1v) is 12.5. The number of halogens is 1. The molecule has 1 fully saturated rings. The molecule has 11 nitrogen and oxygen atoms in total. The minimum atomic E-state index is -0.662. The second-order valence-electron chi connectivity index (χ2n) is 7.77. The number of benzene rings is 2. The second-order valence-corrected chi connectivity index (χ2v) is 9.62. The fourth-order valence-corrected chi connectivity index (χ4v) is 4.86. The molecular formula is C25H19BrN2O9S. The number of hydrogen-bond acceptors (Lipinski definition) is 10. The van der Waals surface area contributed by atoms with Crippen molar-refractivity contribution in [1.29, 1.82) is 0 Å². The van der Waals surface area contributed by atoms with Crippen molar-refractivity contribution in [2.45, 2.75) is 13.2 Å². The number of rotatable bonds is 9. The molecule has 0 unspecified atom stereocenters. The molecule has 3 aromatic rings. The highest BCUT2D eigenvalue weighted by molar-refractivity contribution is 9.10. The number of methoxy groups -OCH3 is 2. The fraction of sp³-hybridized carbons (Fsp3) is 0.160. The van der Waals surface area contributed by atoms with Crippen LogP contribution in [0.3, 0.4) is 0 Å². The number of nitro groups is 1. The van der Waals surface area contributed by atoms with Gasteiger partial charge in [0.2, 0.25) is 5.76 Å². The summed E-state index contributed by atoms with van der Waals surface area (Å²) >= 11 is 4.23. The fourth-order valence-electron chi connectivity index (χ4n) is 3.45. The molecule has 1 aromatic heterocycles. The molecule has 0 spiro atoms. The van der Waals surface area contributed by atoms with Gasteiger partial charge in [0.15, 0.2) is 11.5 Å². The Labute approximate surface area is 228 Å². The number of amides is 2. The van der Waals surface area contributed by atoms with Gasteiger partial charge in [-0.1, -0.05) is 0 Å². The number of thioether (sulfide) groups is 1. The van der Waals surface area contributed by atoms with Crippen LogP contribution in [0.25, 0.3) is 6.08 Å². The second kappa shape index (κ2) is 11.5. The van der Waals surface area contributed by atoms with E-state index in [4.69, 9.17) is 13.9 Å². The van der Waals surface area contributed by atoms with Crippen LogP contribution in [-0.4, -0.2) is 41.2 Å². The van der Waals surface area contributed by atoms with Crippen molar-refractivity contribution in [3.05, 3.63) is 90.7 Å². The maximum absolute atomic E-state index is 12.9. The number of esters is 1. The molecule has 0 bridgehead atoms. The highest BCUT2D eigenvalue weighted by Crippen LogP contribution is 2.40. The van der Waals surface area contributed by atoms with Crippen molar-refractivity contribution in [3.63, 3.8) is 0 Å². The Bertz CT molecular complexity index is 1450. The third-order valence-corrected chi connectivity index (χ3v) is 6.81. The van der Waals surface area contributed by atoms with Crippen LogP contribution in [0.15, 0.2) is 62.3 Å². The molecule has 13 heteroatoms. The Morgan fingerprint density at radius 2 is 1.89 bits per heavy atom. The average molecular weight is 603 g/mol. The van der Waals surface area contributed by atoms with Crippen LogP contribution in [0.1, 0.15) is 27.4 Å². The van der Waals surface area contributed by atoms with Gasteiger partial charge in [0, 0.05) is 12.1 Å². The third-order valence-electron chi connectivity index (χ3n) is 5.32. The number of imide groups is 1. The predicted molar refractivity (Wildman–Crippen MR) is 140 cm³/mol. The van der Waals surface area contributed by atoms with E-state index in [2.05, 4.69) is 20.7 Å². The van der Waals surface area contributed by atoms with Gasteiger partial charge in [-0.2, -0.15) is 0 Å². The molecule has 38 heavy (non-hydrogen) atoms. The third kappa shape index (κ3) is 5.89. The maximum atomic E-state index is 12.9. The Balaban J connectivity index is 1.49. The standard InChI is InChI=1S/C25H19BrN2O9S/c1-34-20-10-15(9-18(26)22(20)36-13-14-3-5-16(6-4-14)28(32)33)11-21-23(29)27(25(31)38-21)12-17-7-8-19(37-17)24(30)35-2/h3-11H,12-13H2,1-2H3/b21-11+.